The van der Waals surface area contributed by atoms with Crippen LogP contribution in [0.5, 0.6) is 0 Å². The van der Waals surface area contributed by atoms with Gasteiger partial charge in [0, 0.05) is 5.92 Å². The van der Waals surface area contributed by atoms with Gasteiger partial charge in [-0.25, -0.2) is 0 Å². The molecule has 0 spiro atoms. The van der Waals surface area contributed by atoms with Crippen molar-refractivity contribution in [2.45, 2.75) is 18.8 Å². The van der Waals surface area contributed by atoms with Crippen molar-refractivity contribution in [1.82, 2.24) is 10.2 Å². The van der Waals surface area contributed by atoms with Gasteiger partial charge in [-0.15, -0.1) is 21.5 Å². The van der Waals surface area contributed by atoms with Crippen LogP contribution in [-0.2, 0) is 0 Å². The molecule has 0 atom stereocenters. The summed E-state index contributed by atoms with van der Waals surface area (Å²) in [6, 6.07) is 3.98. The van der Waals surface area contributed by atoms with Gasteiger partial charge >= 0.3 is 0 Å². The molecule has 0 N–H and O–H groups in total. The highest BCUT2D eigenvalue weighted by molar-refractivity contribution is 7.13. The fourth-order valence-electron chi connectivity index (χ4n) is 1.23. The first-order valence-electron chi connectivity index (χ1n) is 4.31. The first kappa shape index (κ1) is 7.26. The van der Waals surface area contributed by atoms with Crippen molar-refractivity contribution in [3.05, 3.63) is 23.4 Å². The van der Waals surface area contributed by atoms with Gasteiger partial charge in [0.15, 0.2) is 0 Å². The largest absolute Gasteiger partial charge is 0.420 e. The summed E-state index contributed by atoms with van der Waals surface area (Å²) in [5.41, 5.74) is 0. The number of nitrogens with zero attached hydrogens (tertiary/aromatic N) is 2. The van der Waals surface area contributed by atoms with Crippen LogP contribution in [-0.4, -0.2) is 10.2 Å². The van der Waals surface area contributed by atoms with Crippen molar-refractivity contribution >= 4 is 11.3 Å². The topological polar surface area (TPSA) is 38.9 Å². The molecule has 66 valence electrons. The minimum atomic E-state index is 0.543. The maximum Gasteiger partial charge on any atom is 0.257 e. The van der Waals surface area contributed by atoms with Crippen LogP contribution in [0.2, 0.25) is 0 Å². The molecule has 0 amide bonds. The molecule has 1 fully saturated rings. The Morgan fingerprint density at radius 1 is 1.38 bits per heavy atom. The van der Waals surface area contributed by atoms with Gasteiger partial charge in [-0.1, -0.05) is 6.07 Å². The van der Waals surface area contributed by atoms with E-state index >= 15 is 0 Å². The zero-order valence-electron chi connectivity index (χ0n) is 6.93. The van der Waals surface area contributed by atoms with Crippen LogP contribution in [0.1, 0.15) is 24.7 Å². The number of hydrogen-bond donors (Lipinski definition) is 0. The average molecular weight is 192 g/mol. The van der Waals surface area contributed by atoms with Crippen LogP contribution in [0.25, 0.3) is 10.8 Å². The number of rotatable bonds is 2. The maximum absolute atomic E-state index is 5.54. The van der Waals surface area contributed by atoms with Gasteiger partial charge in [0.05, 0.1) is 4.88 Å². The van der Waals surface area contributed by atoms with Crippen LogP contribution in [0.15, 0.2) is 21.9 Å². The fraction of sp³-hybridized carbons (Fsp3) is 0.333. The molecule has 2 aromatic heterocycles. The molecule has 0 bridgehead atoms. The van der Waals surface area contributed by atoms with Crippen molar-refractivity contribution in [2.24, 2.45) is 0 Å². The highest BCUT2D eigenvalue weighted by atomic mass is 32.1. The lowest BCUT2D eigenvalue weighted by Crippen LogP contribution is -1.75. The van der Waals surface area contributed by atoms with Crippen molar-refractivity contribution in [3.8, 4) is 10.8 Å². The maximum atomic E-state index is 5.54. The Kier molecular flexibility index (Phi) is 1.49. The summed E-state index contributed by atoms with van der Waals surface area (Å²) in [5, 5.41) is 10.0. The molecule has 2 heterocycles. The van der Waals surface area contributed by atoms with Crippen LogP contribution in [0, 0.1) is 0 Å². The van der Waals surface area contributed by atoms with E-state index in [0.29, 0.717) is 11.8 Å². The molecule has 1 aliphatic carbocycles. The minimum absolute atomic E-state index is 0.543. The second kappa shape index (κ2) is 2.67. The van der Waals surface area contributed by atoms with Gasteiger partial charge < -0.3 is 4.42 Å². The van der Waals surface area contributed by atoms with E-state index in [9.17, 15) is 0 Å². The standard InChI is InChI=1S/C9H8N2OS/c1-2-7(13-5-1)9-11-10-8(12-9)6-3-4-6/h1-2,5-6H,3-4H2. The normalized spacial score (nSPS) is 16.3. The van der Waals surface area contributed by atoms with Gasteiger partial charge in [-0.05, 0) is 24.3 Å². The highest BCUT2D eigenvalue weighted by Gasteiger charge is 2.29. The summed E-state index contributed by atoms with van der Waals surface area (Å²) < 4.78 is 5.54. The summed E-state index contributed by atoms with van der Waals surface area (Å²) >= 11 is 1.63. The van der Waals surface area contributed by atoms with Crippen LogP contribution in [0.3, 0.4) is 0 Å². The van der Waals surface area contributed by atoms with E-state index in [1.54, 1.807) is 11.3 Å². The van der Waals surface area contributed by atoms with Gasteiger partial charge in [0.25, 0.3) is 5.89 Å². The van der Waals surface area contributed by atoms with Crippen molar-refractivity contribution in [3.63, 3.8) is 0 Å². The fourth-order valence-corrected chi connectivity index (χ4v) is 1.87. The molecule has 2 aromatic rings. The van der Waals surface area contributed by atoms with Crippen LogP contribution < -0.4 is 0 Å². The highest BCUT2D eigenvalue weighted by Crippen LogP contribution is 2.40. The van der Waals surface area contributed by atoms with Crippen molar-refractivity contribution < 1.29 is 4.42 Å². The number of hydrogen-bond acceptors (Lipinski definition) is 4. The zero-order chi connectivity index (χ0) is 8.67. The lowest BCUT2D eigenvalue weighted by molar-refractivity contribution is 0.509. The average Bonchev–Trinajstić information content (AvgIpc) is 2.72. The van der Waals surface area contributed by atoms with Gasteiger partial charge in [-0.2, -0.15) is 0 Å². The van der Waals surface area contributed by atoms with Gasteiger partial charge in [0.1, 0.15) is 0 Å². The Morgan fingerprint density at radius 2 is 2.31 bits per heavy atom. The first-order chi connectivity index (χ1) is 6.43. The molecule has 0 aromatic carbocycles. The zero-order valence-corrected chi connectivity index (χ0v) is 7.75. The Bertz CT molecular complexity index is 403. The molecular formula is C9H8N2OS. The van der Waals surface area contributed by atoms with Crippen LogP contribution in [0.4, 0.5) is 0 Å². The smallest absolute Gasteiger partial charge is 0.257 e. The summed E-state index contributed by atoms with van der Waals surface area (Å²) in [5.74, 6) is 2.02. The van der Waals surface area contributed by atoms with E-state index in [1.807, 2.05) is 17.5 Å². The Morgan fingerprint density at radius 3 is 3.00 bits per heavy atom. The Hall–Kier alpha value is -1.16. The van der Waals surface area contributed by atoms with E-state index in [4.69, 9.17) is 4.42 Å². The molecule has 13 heavy (non-hydrogen) atoms. The number of aromatic nitrogens is 2. The van der Waals surface area contributed by atoms with E-state index < -0.39 is 0 Å². The predicted octanol–water partition coefficient (Wildman–Crippen LogP) is 2.68. The Labute approximate surface area is 79.4 Å². The molecule has 0 aliphatic heterocycles. The summed E-state index contributed by atoms with van der Waals surface area (Å²) in [7, 11) is 0. The third-order valence-corrected chi connectivity index (χ3v) is 2.96. The first-order valence-corrected chi connectivity index (χ1v) is 5.19. The summed E-state index contributed by atoms with van der Waals surface area (Å²) in [6.07, 6.45) is 2.40. The summed E-state index contributed by atoms with van der Waals surface area (Å²) in [6.45, 7) is 0. The van der Waals surface area contributed by atoms with Crippen LogP contribution >= 0.6 is 11.3 Å². The molecule has 3 nitrogen and oxygen atoms in total. The SMILES string of the molecule is c1csc(-c2nnc(C3CC3)o2)c1. The van der Waals surface area contributed by atoms with E-state index in [2.05, 4.69) is 10.2 Å². The van der Waals surface area contributed by atoms with E-state index in [1.165, 1.54) is 12.8 Å². The van der Waals surface area contributed by atoms with Crippen molar-refractivity contribution in [2.75, 3.05) is 0 Å². The number of thiophene rings is 1. The molecule has 0 unspecified atom stereocenters. The molecule has 0 radical (unpaired) electrons. The lowest BCUT2D eigenvalue weighted by Gasteiger charge is -1.85. The summed E-state index contributed by atoms with van der Waals surface area (Å²) in [4.78, 5) is 1.06. The Balaban J connectivity index is 1.97. The third kappa shape index (κ3) is 1.27. The van der Waals surface area contributed by atoms with Gasteiger partial charge in [-0.3, -0.25) is 0 Å². The monoisotopic (exact) mass is 192 g/mol. The van der Waals surface area contributed by atoms with E-state index in [0.717, 1.165) is 10.8 Å². The predicted molar refractivity (Wildman–Crippen MR) is 49.6 cm³/mol. The van der Waals surface area contributed by atoms with E-state index in [-0.39, 0.29) is 0 Å². The molecule has 3 rings (SSSR count). The molecule has 1 saturated carbocycles. The molecule has 0 saturated heterocycles. The quantitative estimate of drug-likeness (QED) is 0.734. The molecular weight excluding hydrogens is 184 g/mol. The van der Waals surface area contributed by atoms with Crippen molar-refractivity contribution in [1.29, 1.82) is 0 Å². The minimum Gasteiger partial charge on any atom is -0.420 e. The van der Waals surface area contributed by atoms with Gasteiger partial charge in [0.2, 0.25) is 5.89 Å². The molecule has 4 heteroatoms. The second-order valence-corrected chi connectivity index (χ2v) is 4.14. The third-order valence-electron chi connectivity index (χ3n) is 2.10. The molecule has 1 aliphatic rings. The second-order valence-electron chi connectivity index (χ2n) is 3.20. The lowest BCUT2D eigenvalue weighted by atomic mass is 10.4.